The normalized spacial score (nSPS) is 26.0. The Bertz CT molecular complexity index is 1580. The van der Waals surface area contributed by atoms with Gasteiger partial charge in [0.1, 0.15) is 0 Å². The molecule has 10 heteroatoms. The van der Waals surface area contributed by atoms with Gasteiger partial charge in [-0.15, -0.1) is 0 Å². The van der Waals surface area contributed by atoms with E-state index >= 15 is 0 Å². The summed E-state index contributed by atoms with van der Waals surface area (Å²) >= 11 is 0. The maximum Gasteiger partial charge on any atom is 0.238 e. The summed E-state index contributed by atoms with van der Waals surface area (Å²) in [6.07, 6.45) is 2.62. The van der Waals surface area contributed by atoms with Crippen LogP contribution in [-0.2, 0) is 30.3 Å². The molecule has 2 aromatic rings. The average Bonchev–Trinajstić information content (AvgIpc) is 3.10. The fourth-order valence-corrected chi connectivity index (χ4v) is 7.33. The molecule has 0 aromatic heterocycles. The Morgan fingerprint density at radius 1 is 0.905 bits per heavy atom. The van der Waals surface area contributed by atoms with Crippen molar-refractivity contribution >= 4 is 34.8 Å². The minimum absolute atomic E-state index is 0.0851. The summed E-state index contributed by atoms with van der Waals surface area (Å²) in [6, 6.07) is 10.0. The Kier molecular flexibility index (Phi) is 6.79. The van der Waals surface area contributed by atoms with Crippen LogP contribution in [0.4, 0.5) is 5.69 Å². The summed E-state index contributed by atoms with van der Waals surface area (Å²) < 4.78 is 22.9. The van der Waals surface area contributed by atoms with Crippen molar-refractivity contribution in [3.8, 4) is 17.2 Å². The van der Waals surface area contributed by atoms with Crippen molar-refractivity contribution in [2.24, 2.45) is 23.7 Å². The smallest absolute Gasteiger partial charge is 0.238 e. The molecule has 42 heavy (non-hydrogen) atoms. The van der Waals surface area contributed by atoms with Gasteiger partial charge < -0.3 is 24.3 Å². The number of carbonyl (C=O) groups excluding carboxylic acids is 4. The van der Waals surface area contributed by atoms with E-state index < -0.39 is 41.4 Å². The number of carbonyl (C=O) groups is 4. The van der Waals surface area contributed by atoms with Crippen molar-refractivity contribution in [2.75, 3.05) is 33.3 Å². The number of imide groups is 1. The highest BCUT2D eigenvalue weighted by molar-refractivity contribution is 6.25. The van der Waals surface area contributed by atoms with E-state index in [1.165, 1.54) is 40.3 Å². The van der Waals surface area contributed by atoms with E-state index in [2.05, 4.69) is 5.32 Å². The number of fused-ring (bicyclic) bond motifs is 2. The topological polar surface area (TPSA) is 120 Å². The van der Waals surface area contributed by atoms with Crippen LogP contribution in [0, 0.1) is 23.7 Å². The molecule has 5 atom stereocenters. The number of methoxy groups -OCH3 is 4. The second kappa shape index (κ2) is 10.3. The van der Waals surface area contributed by atoms with Crippen molar-refractivity contribution in [3.63, 3.8) is 0 Å². The fraction of sp³-hybridized carbons (Fsp3) is 0.375. The van der Waals surface area contributed by atoms with Crippen LogP contribution in [0.2, 0.25) is 0 Å². The van der Waals surface area contributed by atoms with E-state index in [1.54, 1.807) is 36.4 Å². The third-order valence-corrected chi connectivity index (χ3v) is 8.85. The number of para-hydroxylation sites is 1. The van der Waals surface area contributed by atoms with Gasteiger partial charge in [0.2, 0.25) is 29.3 Å². The minimum Gasteiger partial charge on any atom is -0.493 e. The zero-order valence-corrected chi connectivity index (χ0v) is 24.1. The molecule has 0 radical (unpaired) electrons. The number of nitrogens with one attached hydrogen (secondary N) is 1. The first-order chi connectivity index (χ1) is 20.3. The number of Topliss-reactive ketones (excluding diaryl/α,β-unsaturated/α-hetero) is 1. The molecule has 1 saturated heterocycles. The monoisotopic (exact) mass is 572 g/mol. The lowest BCUT2D eigenvalue weighted by Crippen LogP contribution is -2.46. The average molecular weight is 573 g/mol. The Morgan fingerprint density at radius 3 is 2.21 bits per heavy atom. The van der Waals surface area contributed by atoms with Crippen molar-refractivity contribution in [1.82, 2.24) is 5.32 Å². The number of hydrogen-bond acceptors (Lipinski definition) is 8. The number of ether oxygens (including phenoxy) is 4. The first kappa shape index (κ1) is 27.6. The van der Waals surface area contributed by atoms with E-state index in [9.17, 15) is 19.2 Å². The van der Waals surface area contributed by atoms with Crippen LogP contribution in [0.3, 0.4) is 0 Å². The summed E-state index contributed by atoms with van der Waals surface area (Å²) in [5.74, 6) is -3.81. The standard InChI is InChI=1S/C32H32N2O8/c1-15(35)33-19-12-11-16-13-21(40-3)29(41-4)30(42-5)22(16)23-18-14-20(39-2)28(36)26(25(19)23)27-24(18)31(37)34(32(27)38)17-9-7-6-8-10-17/h6-10,13-14,18-19,24,26-27H,11-12H2,1-5H3,(H,33,35)/t18-,19-,24?,26+,27?/m0/s1. The molecule has 1 N–H and O–H groups in total. The number of ketones is 1. The minimum atomic E-state index is -1.04. The molecule has 1 heterocycles. The summed E-state index contributed by atoms with van der Waals surface area (Å²) in [6.45, 7) is 1.42. The number of amides is 3. The first-order valence-corrected chi connectivity index (χ1v) is 13.8. The van der Waals surface area contributed by atoms with Crippen molar-refractivity contribution in [2.45, 2.75) is 25.8 Å². The van der Waals surface area contributed by atoms with Gasteiger partial charge in [0, 0.05) is 18.4 Å². The van der Waals surface area contributed by atoms with Gasteiger partial charge in [-0.25, -0.2) is 4.90 Å². The van der Waals surface area contributed by atoms with Gasteiger partial charge in [0.15, 0.2) is 17.3 Å². The molecule has 2 unspecified atom stereocenters. The number of benzene rings is 2. The van der Waals surface area contributed by atoms with Crippen molar-refractivity contribution in [3.05, 3.63) is 64.9 Å². The number of anilines is 1. The molecule has 2 bridgehead atoms. The molecule has 218 valence electrons. The Hall–Kier alpha value is -4.60. The molecule has 10 nitrogen and oxygen atoms in total. The number of aryl methyl sites for hydroxylation is 1. The maximum absolute atomic E-state index is 14.3. The highest BCUT2D eigenvalue weighted by Gasteiger charge is 2.63. The van der Waals surface area contributed by atoms with E-state index in [1.807, 2.05) is 6.07 Å². The van der Waals surface area contributed by atoms with E-state index in [-0.39, 0.29) is 17.6 Å². The Balaban J connectivity index is 1.68. The Morgan fingerprint density at radius 2 is 1.60 bits per heavy atom. The fourth-order valence-electron chi connectivity index (χ4n) is 7.33. The molecular weight excluding hydrogens is 540 g/mol. The van der Waals surface area contributed by atoms with E-state index in [0.29, 0.717) is 52.5 Å². The highest BCUT2D eigenvalue weighted by atomic mass is 16.5. The number of allylic oxidation sites excluding steroid dienone is 3. The number of rotatable bonds is 6. The molecule has 1 fully saturated rings. The number of nitrogens with zero attached hydrogens (tertiary/aromatic N) is 1. The lowest BCUT2D eigenvalue weighted by Gasteiger charge is -2.39. The van der Waals surface area contributed by atoms with Crippen LogP contribution < -0.4 is 24.4 Å². The first-order valence-electron chi connectivity index (χ1n) is 13.8. The van der Waals surface area contributed by atoms with Gasteiger partial charge in [-0.05, 0) is 53.8 Å². The second-order valence-electron chi connectivity index (χ2n) is 10.8. The lowest BCUT2D eigenvalue weighted by atomic mass is 9.62. The molecule has 0 spiro atoms. The third-order valence-electron chi connectivity index (χ3n) is 8.85. The van der Waals surface area contributed by atoms with Gasteiger partial charge in [-0.2, -0.15) is 0 Å². The second-order valence-corrected chi connectivity index (χ2v) is 10.8. The molecule has 5 aliphatic rings. The molecule has 2 aromatic carbocycles. The van der Waals surface area contributed by atoms with Gasteiger partial charge in [-0.3, -0.25) is 19.2 Å². The largest absolute Gasteiger partial charge is 0.493 e. The van der Waals surface area contributed by atoms with Gasteiger partial charge in [-0.1, -0.05) is 18.2 Å². The summed E-state index contributed by atoms with van der Waals surface area (Å²) in [5.41, 5.74) is 3.24. The molecule has 4 aliphatic carbocycles. The molecule has 1 aliphatic heterocycles. The number of hydrogen-bond donors (Lipinski definition) is 1. The zero-order chi connectivity index (χ0) is 29.9. The van der Waals surface area contributed by atoms with Crippen molar-refractivity contribution in [1.29, 1.82) is 0 Å². The molecule has 7 rings (SSSR count). The predicted molar refractivity (Wildman–Crippen MR) is 152 cm³/mol. The van der Waals surface area contributed by atoms with Crippen LogP contribution in [0.25, 0.3) is 5.57 Å². The highest BCUT2D eigenvalue weighted by Crippen LogP contribution is 2.60. The van der Waals surface area contributed by atoms with Crippen LogP contribution in [-0.4, -0.2) is 58.0 Å². The van der Waals surface area contributed by atoms with Crippen LogP contribution in [0.1, 0.15) is 24.5 Å². The molecule has 3 amide bonds. The van der Waals surface area contributed by atoms with Gasteiger partial charge in [0.05, 0.1) is 57.9 Å². The maximum atomic E-state index is 14.3. The van der Waals surface area contributed by atoms with E-state index in [4.69, 9.17) is 18.9 Å². The summed E-state index contributed by atoms with van der Waals surface area (Å²) in [5, 5.41) is 3.04. The van der Waals surface area contributed by atoms with Crippen LogP contribution >= 0.6 is 0 Å². The summed E-state index contributed by atoms with van der Waals surface area (Å²) in [7, 11) is 5.98. The van der Waals surface area contributed by atoms with Gasteiger partial charge >= 0.3 is 0 Å². The van der Waals surface area contributed by atoms with Crippen LogP contribution in [0.5, 0.6) is 17.2 Å². The lowest BCUT2D eigenvalue weighted by molar-refractivity contribution is -0.130. The Labute approximate surface area is 243 Å². The quantitative estimate of drug-likeness (QED) is 0.525. The van der Waals surface area contributed by atoms with E-state index in [0.717, 1.165) is 5.56 Å². The van der Waals surface area contributed by atoms with Crippen LogP contribution in [0.15, 0.2) is 53.8 Å². The summed E-state index contributed by atoms with van der Waals surface area (Å²) in [4.78, 5) is 56.4. The SMILES string of the molecule is COC1=C[C@H]2C3=C([C@@H](C1=O)C1C(=O)N(c4ccccc4)C(=O)C12)[C@@H](NC(C)=O)CCc1cc(OC)c(OC)c(OC)c13. The zero-order valence-electron chi connectivity index (χ0n) is 24.1. The predicted octanol–water partition coefficient (Wildman–Crippen LogP) is 3.08. The van der Waals surface area contributed by atoms with Crippen molar-refractivity contribution < 1.29 is 38.1 Å². The van der Waals surface area contributed by atoms with Gasteiger partial charge in [0.25, 0.3) is 0 Å². The third kappa shape index (κ3) is 3.84. The molecular formula is C32H32N2O8. The molecule has 0 saturated carbocycles.